The van der Waals surface area contributed by atoms with Crippen molar-refractivity contribution in [2.24, 2.45) is 5.73 Å². The summed E-state index contributed by atoms with van der Waals surface area (Å²) in [6, 6.07) is 6.31. The first-order valence-corrected chi connectivity index (χ1v) is 8.70. The van der Waals surface area contributed by atoms with Crippen LogP contribution in [0.25, 0.3) is 10.6 Å². The molecule has 0 aliphatic heterocycles. The SMILES string of the molecule is CCCCC(CN)NC(=O)Cc1csc(-c2cccc(F)c2)n1. The quantitative estimate of drug-likeness (QED) is 0.779. The Morgan fingerprint density at radius 3 is 3.00 bits per heavy atom. The Bertz CT molecular complexity index is 644. The van der Waals surface area contributed by atoms with Crippen molar-refractivity contribution in [2.75, 3.05) is 6.54 Å². The number of aromatic nitrogens is 1. The topological polar surface area (TPSA) is 68.0 Å². The third-order valence-corrected chi connectivity index (χ3v) is 4.46. The second kappa shape index (κ2) is 8.74. The summed E-state index contributed by atoms with van der Waals surface area (Å²) >= 11 is 1.41. The highest BCUT2D eigenvalue weighted by atomic mass is 32.1. The maximum atomic E-state index is 13.3. The van der Waals surface area contributed by atoms with Gasteiger partial charge in [-0.05, 0) is 18.6 Å². The van der Waals surface area contributed by atoms with Gasteiger partial charge in [0.05, 0.1) is 12.1 Å². The van der Waals surface area contributed by atoms with Gasteiger partial charge in [-0.2, -0.15) is 0 Å². The van der Waals surface area contributed by atoms with Crippen LogP contribution in [0.3, 0.4) is 0 Å². The summed E-state index contributed by atoms with van der Waals surface area (Å²) in [4.78, 5) is 16.5. The Morgan fingerprint density at radius 1 is 1.48 bits per heavy atom. The third-order valence-electron chi connectivity index (χ3n) is 3.52. The lowest BCUT2D eigenvalue weighted by Crippen LogP contribution is -2.40. The first-order chi connectivity index (χ1) is 11.1. The van der Waals surface area contributed by atoms with E-state index in [0.717, 1.165) is 24.8 Å². The molecule has 0 aliphatic carbocycles. The number of thiazole rings is 1. The summed E-state index contributed by atoms with van der Waals surface area (Å²) in [5.41, 5.74) is 7.10. The van der Waals surface area contributed by atoms with Gasteiger partial charge in [-0.3, -0.25) is 4.79 Å². The zero-order chi connectivity index (χ0) is 16.7. The lowest BCUT2D eigenvalue weighted by atomic mass is 10.1. The number of benzene rings is 1. The smallest absolute Gasteiger partial charge is 0.226 e. The van der Waals surface area contributed by atoms with Gasteiger partial charge >= 0.3 is 0 Å². The summed E-state index contributed by atoms with van der Waals surface area (Å²) in [5.74, 6) is -0.369. The van der Waals surface area contributed by atoms with E-state index < -0.39 is 0 Å². The molecule has 1 unspecified atom stereocenters. The number of hydrogen-bond donors (Lipinski definition) is 2. The molecule has 0 saturated heterocycles. The molecule has 0 radical (unpaired) electrons. The van der Waals surface area contributed by atoms with Crippen molar-refractivity contribution < 1.29 is 9.18 Å². The predicted octanol–water partition coefficient (Wildman–Crippen LogP) is 3.13. The molecule has 1 heterocycles. The summed E-state index contributed by atoms with van der Waals surface area (Å²) in [5, 5.41) is 5.50. The fourth-order valence-electron chi connectivity index (χ4n) is 2.28. The molecule has 23 heavy (non-hydrogen) atoms. The molecule has 1 aromatic heterocycles. The zero-order valence-corrected chi connectivity index (χ0v) is 14.0. The maximum Gasteiger partial charge on any atom is 0.226 e. The predicted molar refractivity (Wildman–Crippen MR) is 91.7 cm³/mol. The molecule has 0 saturated carbocycles. The fraction of sp³-hybridized carbons (Fsp3) is 0.412. The number of rotatable bonds is 8. The molecular weight excluding hydrogens is 313 g/mol. The van der Waals surface area contributed by atoms with E-state index in [0.29, 0.717) is 17.2 Å². The number of nitrogens with zero attached hydrogens (tertiary/aromatic N) is 1. The number of halogens is 1. The van der Waals surface area contributed by atoms with Crippen LogP contribution < -0.4 is 11.1 Å². The first kappa shape index (κ1) is 17.6. The molecule has 6 heteroatoms. The summed E-state index contributed by atoms with van der Waals surface area (Å²) in [6.45, 7) is 2.55. The highest BCUT2D eigenvalue weighted by molar-refractivity contribution is 7.13. The van der Waals surface area contributed by atoms with Crippen LogP contribution in [0.4, 0.5) is 4.39 Å². The normalized spacial score (nSPS) is 12.1. The lowest BCUT2D eigenvalue weighted by molar-refractivity contribution is -0.121. The summed E-state index contributed by atoms with van der Waals surface area (Å²) < 4.78 is 13.3. The Balaban J connectivity index is 1.94. The number of nitrogens with two attached hydrogens (primary N) is 1. The Morgan fingerprint density at radius 2 is 2.30 bits per heavy atom. The van der Waals surface area contributed by atoms with Crippen LogP contribution >= 0.6 is 11.3 Å². The molecule has 2 rings (SSSR count). The number of nitrogens with one attached hydrogen (secondary N) is 1. The van der Waals surface area contributed by atoms with E-state index in [2.05, 4.69) is 17.2 Å². The van der Waals surface area contributed by atoms with Crippen LogP contribution in [0.1, 0.15) is 31.9 Å². The summed E-state index contributed by atoms with van der Waals surface area (Å²) in [6.07, 6.45) is 3.23. The van der Waals surface area contributed by atoms with Crippen LogP contribution in [-0.4, -0.2) is 23.5 Å². The van der Waals surface area contributed by atoms with Crippen LogP contribution in [0.2, 0.25) is 0 Å². The van der Waals surface area contributed by atoms with Crippen molar-refractivity contribution in [2.45, 2.75) is 38.6 Å². The van der Waals surface area contributed by atoms with E-state index in [4.69, 9.17) is 5.73 Å². The van der Waals surface area contributed by atoms with Gasteiger partial charge in [0.2, 0.25) is 5.91 Å². The number of carbonyl (C=O) groups is 1. The minimum atomic E-state index is -0.293. The van der Waals surface area contributed by atoms with Crippen molar-refractivity contribution in [1.82, 2.24) is 10.3 Å². The Labute approximate surface area is 139 Å². The van der Waals surface area contributed by atoms with Crippen LogP contribution in [0.15, 0.2) is 29.6 Å². The molecule has 0 fully saturated rings. The van der Waals surface area contributed by atoms with Gasteiger partial charge < -0.3 is 11.1 Å². The largest absolute Gasteiger partial charge is 0.352 e. The second-order valence-electron chi connectivity index (χ2n) is 5.47. The Kier molecular flexibility index (Phi) is 6.67. The highest BCUT2D eigenvalue weighted by Crippen LogP contribution is 2.24. The molecule has 0 spiro atoms. The van der Waals surface area contributed by atoms with Crippen LogP contribution in [-0.2, 0) is 11.2 Å². The maximum absolute atomic E-state index is 13.3. The molecule has 2 aromatic rings. The molecule has 124 valence electrons. The molecule has 1 atom stereocenters. The molecule has 4 nitrogen and oxygen atoms in total. The number of amides is 1. The fourth-order valence-corrected chi connectivity index (χ4v) is 3.10. The first-order valence-electron chi connectivity index (χ1n) is 7.82. The van der Waals surface area contributed by atoms with E-state index in [-0.39, 0.29) is 24.2 Å². The number of hydrogen-bond acceptors (Lipinski definition) is 4. The van der Waals surface area contributed by atoms with Crippen molar-refractivity contribution >= 4 is 17.2 Å². The molecule has 1 aromatic carbocycles. The average Bonchev–Trinajstić information content (AvgIpc) is 2.99. The molecule has 1 amide bonds. The van der Waals surface area contributed by atoms with Crippen molar-refractivity contribution in [1.29, 1.82) is 0 Å². The van der Waals surface area contributed by atoms with E-state index >= 15 is 0 Å². The van der Waals surface area contributed by atoms with Crippen molar-refractivity contribution in [3.8, 4) is 10.6 Å². The van der Waals surface area contributed by atoms with Gasteiger partial charge in [0, 0.05) is 23.5 Å². The van der Waals surface area contributed by atoms with Crippen LogP contribution in [0.5, 0.6) is 0 Å². The second-order valence-corrected chi connectivity index (χ2v) is 6.33. The van der Waals surface area contributed by atoms with Gasteiger partial charge in [0.25, 0.3) is 0 Å². The zero-order valence-electron chi connectivity index (χ0n) is 13.2. The molecule has 0 aliphatic rings. The van der Waals surface area contributed by atoms with Crippen molar-refractivity contribution in [3.63, 3.8) is 0 Å². The molecule has 3 N–H and O–H groups in total. The minimum Gasteiger partial charge on any atom is -0.352 e. The van der Waals surface area contributed by atoms with Crippen molar-refractivity contribution in [3.05, 3.63) is 41.2 Å². The van der Waals surface area contributed by atoms with E-state index in [1.165, 1.54) is 23.5 Å². The standard InChI is InChI=1S/C17H22FN3OS/c1-2-3-7-14(10-19)20-16(22)9-15-11-23-17(21-15)12-5-4-6-13(18)8-12/h4-6,8,11,14H,2-3,7,9-10,19H2,1H3,(H,20,22). The Hall–Kier alpha value is -1.79. The van der Waals surface area contributed by atoms with E-state index in [9.17, 15) is 9.18 Å². The van der Waals surface area contributed by atoms with E-state index in [1.807, 2.05) is 5.38 Å². The van der Waals surface area contributed by atoms with Crippen LogP contribution in [0, 0.1) is 5.82 Å². The van der Waals surface area contributed by atoms with Gasteiger partial charge in [-0.15, -0.1) is 11.3 Å². The van der Waals surface area contributed by atoms with Gasteiger partial charge in [-0.1, -0.05) is 31.9 Å². The lowest BCUT2D eigenvalue weighted by Gasteiger charge is -2.15. The number of unbranched alkanes of at least 4 members (excludes halogenated alkanes) is 1. The highest BCUT2D eigenvalue weighted by Gasteiger charge is 2.13. The molecular formula is C17H22FN3OS. The van der Waals surface area contributed by atoms with Gasteiger partial charge in [-0.25, -0.2) is 9.37 Å². The monoisotopic (exact) mass is 335 g/mol. The number of carbonyl (C=O) groups excluding carboxylic acids is 1. The third kappa shape index (κ3) is 5.41. The van der Waals surface area contributed by atoms with Gasteiger partial charge in [0.1, 0.15) is 10.8 Å². The average molecular weight is 335 g/mol. The molecule has 0 bridgehead atoms. The van der Waals surface area contributed by atoms with E-state index in [1.54, 1.807) is 12.1 Å². The van der Waals surface area contributed by atoms with Gasteiger partial charge in [0.15, 0.2) is 0 Å². The minimum absolute atomic E-state index is 0.0174. The summed E-state index contributed by atoms with van der Waals surface area (Å²) in [7, 11) is 0.